The highest BCUT2D eigenvalue weighted by atomic mass is 32.2. The molecule has 1 atom stereocenters. The second-order valence-electron chi connectivity index (χ2n) is 7.33. The quantitative estimate of drug-likeness (QED) is 0.491. The molecule has 5 nitrogen and oxygen atoms in total. The van der Waals surface area contributed by atoms with Gasteiger partial charge in [0.05, 0.1) is 16.7 Å². The first-order valence-electron chi connectivity index (χ1n) is 10.0. The lowest BCUT2D eigenvalue weighted by atomic mass is 9.99. The molecule has 2 aromatic rings. The van der Waals surface area contributed by atoms with Crippen LogP contribution in [-0.2, 0) is 4.79 Å². The highest BCUT2D eigenvalue weighted by molar-refractivity contribution is 7.99. The summed E-state index contributed by atoms with van der Waals surface area (Å²) in [4.78, 5) is 29.8. The first-order valence-corrected chi connectivity index (χ1v) is 11.0. The molecule has 0 radical (unpaired) electrons. The fourth-order valence-electron chi connectivity index (χ4n) is 3.26. The van der Waals surface area contributed by atoms with Crippen LogP contribution >= 0.6 is 11.8 Å². The predicted octanol–water partition coefficient (Wildman–Crippen LogP) is 4.16. The SMILES string of the molecule is CCCC[C@H](CC)CNC(=O)CSc1nc2ccccc2c(=O)n1C1CC1. The van der Waals surface area contributed by atoms with Crippen LogP contribution in [0.5, 0.6) is 0 Å². The van der Waals surface area contributed by atoms with E-state index in [1.54, 1.807) is 4.57 Å². The summed E-state index contributed by atoms with van der Waals surface area (Å²) in [6.07, 6.45) is 6.66. The molecule has 1 amide bonds. The molecular weight excluding hydrogens is 358 g/mol. The minimum atomic E-state index is 0.0108. The van der Waals surface area contributed by atoms with Crippen molar-refractivity contribution in [1.29, 1.82) is 0 Å². The normalized spacial score (nSPS) is 15.0. The van der Waals surface area contributed by atoms with Crippen molar-refractivity contribution in [3.63, 3.8) is 0 Å². The van der Waals surface area contributed by atoms with Gasteiger partial charge in [0.1, 0.15) is 0 Å². The molecule has 1 aliphatic carbocycles. The van der Waals surface area contributed by atoms with Gasteiger partial charge in [0.2, 0.25) is 5.91 Å². The Morgan fingerprint density at radius 1 is 1.33 bits per heavy atom. The Morgan fingerprint density at radius 3 is 2.81 bits per heavy atom. The van der Waals surface area contributed by atoms with Gasteiger partial charge in [-0.1, -0.05) is 57.0 Å². The topological polar surface area (TPSA) is 64.0 Å². The lowest BCUT2D eigenvalue weighted by Crippen LogP contribution is -2.31. The van der Waals surface area contributed by atoms with E-state index in [0.29, 0.717) is 27.7 Å². The maximum Gasteiger partial charge on any atom is 0.262 e. The Balaban J connectivity index is 1.65. The fourth-order valence-corrected chi connectivity index (χ4v) is 4.16. The molecule has 1 heterocycles. The van der Waals surface area contributed by atoms with Gasteiger partial charge >= 0.3 is 0 Å². The van der Waals surface area contributed by atoms with E-state index in [-0.39, 0.29) is 17.5 Å². The number of aromatic nitrogens is 2. The Hall–Kier alpha value is -1.82. The molecule has 1 saturated carbocycles. The molecule has 3 rings (SSSR count). The summed E-state index contributed by atoms with van der Waals surface area (Å²) in [7, 11) is 0. The van der Waals surface area contributed by atoms with Crippen LogP contribution in [0.2, 0.25) is 0 Å². The molecule has 1 aromatic heterocycles. The number of nitrogens with zero attached hydrogens (tertiary/aromatic N) is 2. The molecule has 0 aliphatic heterocycles. The van der Waals surface area contributed by atoms with Gasteiger partial charge in [0.15, 0.2) is 5.16 Å². The third kappa shape index (κ3) is 5.12. The van der Waals surface area contributed by atoms with Crippen molar-refractivity contribution in [3.05, 3.63) is 34.6 Å². The maximum absolute atomic E-state index is 12.8. The van der Waals surface area contributed by atoms with Crippen LogP contribution in [0.1, 0.15) is 58.4 Å². The molecule has 27 heavy (non-hydrogen) atoms. The van der Waals surface area contributed by atoms with Gasteiger partial charge in [-0.25, -0.2) is 4.98 Å². The second kappa shape index (κ2) is 9.40. The lowest BCUT2D eigenvalue weighted by Gasteiger charge is -2.15. The average Bonchev–Trinajstić information content (AvgIpc) is 3.51. The largest absolute Gasteiger partial charge is 0.355 e. The summed E-state index contributed by atoms with van der Waals surface area (Å²) < 4.78 is 1.79. The van der Waals surface area contributed by atoms with Gasteiger partial charge < -0.3 is 5.32 Å². The molecule has 1 fully saturated rings. The van der Waals surface area contributed by atoms with Crippen molar-refractivity contribution in [1.82, 2.24) is 14.9 Å². The number of carbonyl (C=O) groups excluding carboxylic acids is 1. The zero-order valence-electron chi connectivity index (χ0n) is 16.2. The summed E-state index contributed by atoms with van der Waals surface area (Å²) in [5, 5.41) is 4.37. The van der Waals surface area contributed by atoms with Gasteiger partial charge in [-0.2, -0.15) is 0 Å². The van der Waals surface area contributed by atoms with E-state index < -0.39 is 0 Å². The van der Waals surface area contributed by atoms with Crippen molar-refractivity contribution < 1.29 is 4.79 Å². The summed E-state index contributed by atoms with van der Waals surface area (Å²) in [5.41, 5.74) is 0.713. The van der Waals surface area contributed by atoms with E-state index in [1.807, 2.05) is 24.3 Å². The van der Waals surface area contributed by atoms with E-state index in [2.05, 4.69) is 24.1 Å². The average molecular weight is 388 g/mol. The van der Waals surface area contributed by atoms with Crippen LogP contribution < -0.4 is 10.9 Å². The molecule has 0 spiro atoms. The summed E-state index contributed by atoms with van der Waals surface area (Å²) in [6.45, 7) is 5.10. The van der Waals surface area contributed by atoms with Gasteiger partial charge in [-0.3, -0.25) is 14.2 Å². The molecule has 1 aliphatic rings. The van der Waals surface area contributed by atoms with E-state index >= 15 is 0 Å². The van der Waals surface area contributed by atoms with Crippen LogP contribution in [0, 0.1) is 5.92 Å². The standard InChI is InChI=1S/C21H29N3O2S/c1-3-5-8-15(4-2)13-22-19(25)14-27-21-23-18-10-7-6-9-17(18)20(26)24(21)16-11-12-16/h6-7,9-10,15-16H,3-5,8,11-14H2,1-2H3,(H,22,25)/t15-/m0/s1. The minimum Gasteiger partial charge on any atom is -0.355 e. The fraction of sp³-hybridized carbons (Fsp3) is 0.571. The number of thioether (sulfide) groups is 1. The molecular formula is C21H29N3O2S. The molecule has 6 heteroatoms. The number of nitrogens with one attached hydrogen (secondary N) is 1. The predicted molar refractivity (Wildman–Crippen MR) is 111 cm³/mol. The summed E-state index contributed by atoms with van der Waals surface area (Å²) >= 11 is 1.37. The number of fused-ring (bicyclic) bond motifs is 1. The van der Waals surface area contributed by atoms with Crippen molar-refractivity contribution in [2.45, 2.75) is 63.6 Å². The van der Waals surface area contributed by atoms with E-state index in [4.69, 9.17) is 0 Å². The molecule has 1 N–H and O–H groups in total. The summed E-state index contributed by atoms with van der Waals surface area (Å²) in [6, 6.07) is 7.67. The van der Waals surface area contributed by atoms with Gasteiger partial charge in [-0.05, 0) is 37.3 Å². The molecule has 0 bridgehead atoms. The van der Waals surface area contributed by atoms with Crippen molar-refractivity contribution in [2.24, 2.45) is 5.92 Å². The Labute approximate surface area is 164 Å². The zero-order valence-corrected chi connectivity index (χ0v) is 17.1. The highest BCUT2D eigenvalue weighted by Crippen LogP contribution is 2.36. The lowest BCUT2D eigenvalue weighted by molar-refractivity contribution is -0.118. The first-order chi connectivity index (χ1) is 13.1. The number of hydrogen-bond donors (Lipinski definition) is 1. The summed E-state index contributed by atoms with van der Waals surface area (Å²) in [5.74, 6) is 0.851. The van der Waals surface area contributed by atoms with E-state index in [1.165, 1.54) is 24.6 Å². The minimum absolute atomic E-state index is 0.0108. The van der Waals surface area contributed by atoms with E-state index in [9.17, 15) is 9.59 Å². The third-order valence-electron chi connectivity index (χ3n) is 5.15. The van der Waals surface area contributed by atoms with Crippen LogP contribution in [0.3, 0.4) is 0 Å². The number of rotatable bonds is 10. The number of carbonyl (C=O) groups is 1. The van der Waals surface area contributed by atoms with Gasteiger partial charge in [0, 0.05) is 12.6 Å². The molecule has 0 saturated heterocycles. The third-order valence-corrected chi connectivity index (χ3v) is 6.10. The van der Waals surface area contributed by atoms with Crippen molar-refractivity contribution in [3.8, 4) is 0 Å². The number of benzene rings is 1. The molecule has 146 valence electrons. The van der Waals surface area contributed by atoms with E-state index in [0.717, 1.165) is 32.2 Å². The monoisotopic (exact) mass is 387 g/mol. The number of unbranched alkanes of at least 4 members (excludes halogenated alkanes) is 1. The Morgan fingerprint density at radius 2 is 2.11 bits per heavy atom. The van der Waals surface area contributed by atoms with Crippen molar-refractivity contribution in [2.75, 3.05) is 12.3 Å². The van der Waals surface area contributed by atoms with Gasteiger partial charge in [0.25, 0.3) is 5.56 Å². The Bertz CT molecular complexity index is 845. The second-order valence-corrected chi connectivity index (χ2v) is 8.27. The maximum atomic E-state index is 12.8. The number of amides is 1. The molecule has 0 unspecified atom stereocenters. The molecule has 1 aromatic carbocycles. The van der Waals surface area contributed by atoms with Crippen LogP contribution in [-0.4, -0.2) is 27.8 Å². The smallest absolute Gasteiger partial charge is 0.262 e. The van der Waals surface area contributed by atoms with Crippen LogP contribution in [0.25, 0.3) is 10.9 Å². The Kier molecular flexibility index (Phi) is 6.94. The van der Waals surface area contributed by atoms with Crippen LogP contribution in [0.15, 0.2) is 34.2 Å². The number of hydrogen-bond acceptors (Lipinski definition) is 4. The first kappa shape index (κ1) is 19.9. The van der Waals surface area contributed by atoms with Gasteiger partial charge in [-0.15, -0.1) is 0 Å². The van der Waals surface area contributed by atoms with Crippen LogP contribution in [0.4, 0.5) is 0 Å². The zero-order chi connectivity index (χ0) is 19.2. The highest BCUT2D eigenvalue weighted by Gasteiger charge is 2.28. The van der Waals surface area contributed by atoms with Crippen molar-refractivity contribution >= 4 is 28.6 Å². The number of para-hydroxylation sites is 1.